The summed E-state index contributed by atoms with van der Waals surface area (Å²) in [5, 5.41) is 9.04. The molecule has 0 aromatic heterocycles. The third kappa shape index (κ3) is 3.46. The van der Waals surface area contributed by atoms with Gasteiger partial charge >= 0.3 is 0 Å². The molecule has 3 heteroatoms. The van der Waals surface area contributed by atoms with E-state index in [2.05, 4.69) is 22.0 Å². The van der Waals surface area contributed by atoms with Crippen molar-refractivity contribution in [1.82, 2.24) is 0 Å². The third-order valence-electron chi connectivity index (χ3n) is 2.43. The van der Waals surface area contributed by atoms with Gasteiger partial charge in [-0.15, -0.1) is 0 Å². The van der Waals surface area contributed by atoms with E-state index in [0.29, 0.717) is 6.42 Å². The van der Waals surface area contributed by atoms with Crippen molar-refractivity contribution in [3.05, 3.63) is 34.3 Å². The summed E-state index contributed by atoms with van der Waals surface area (Å²) in [5.41, 5.74) is 0.784. The maximum Gasteiger partial charge on any atom is 0.154 e. The molecule has 0 N–H and O–H groups in total. The van der Waals surface area contributed by atoms with Gasteiger partial charge in [0, 0.05) is 10.9 Å². The minimum Gasteiger partial charge on any atom is -0.298 e. The standard InChI is InChI=1S/C13H14BrNO/c1-2-3-4-13(16)12(9-15)10-5-7-11(14)8-6-10/h5-8,12H,2-4H2,1H3. The number of ketones is 1. The van der Waals surface area contributed by atoms with Gasteiger partial charge in [0.05, 0.1) is 6.07 Å². The summed E-state index contributed by atoms with van der Waals surface area (Å²) in [7, 11) is 0. The first kappa shape index (κ1) is 12.9. The molecule has 1 rings (SSSR count). The highest BCUT2D eigenvalue weighted by molar-refractivity contribution is 9.10. The monoisotopic (exact) mass is 279 g/mol. The second-order valence-corrected chi connectivity index (χ2v) is 4.60. The van der Waals surface area contributed by atoms with E-state index in [-0.39, 0.29) is 5.78 Å². The zero-order valence-electron chi connectivity index (χ0n) is 9.24. The topological polar surface area (TPSA) is 40.9 Å². The molecule has 0 heterocycles. The van der Waals surface area contributed by atoms with Gasteiger partial charge in [-0.3, -0.25) is 4.79 Å². The number of carbonyl (C=O) groups is 1. The first-order valence-electron chi connectivity index (χ1n) is 5.36. The molecule has 0 bridgehead atoms. The van der Waals surface area contributed by atoms with Crippen molar-refractivity contribution in [2.75, 3.05) is 0 Å². The summed E-state index contributed by atoms with van der Waals surface area (Å²) in [6.45, 7) is 2.04. The van der Waals surface area contributed by atoms with Gasteiger partial charge in [0.2, 0.25) is 0 Å². The number of hydrogen-bond acceptors (Lipinski definition) is 2. The van der Waals surface area contributed by atoms with Gasteiger partial charge in [0.15, 0.2) is 5.78 Å². The number of nitriles is 1. The normalized spacial score (nSPS) is 11.8. The molecule has 2 nitrogen and oxygen atoms in total. The predicted molar refractivity (Wildman–Crippen MR) is 67.0 cm³/mol. The molecule has 0 saturated heterocycles. The Morgan fingerprint density at radius 1 is 1.44 bits per heavy atom. The summed E-state index contributed by atoms with van der Waals surface area (Å²) in [6.07, 6.45) is 2.32. The van der Waals surface area contributed by atoms with Gasteiger partial charge in [0.25, 0.3) is 0 Å². The number of Topliss-reactive ketones (excluding diaryl/α,β-unsaturated/α-hetero) is 1. The molecule has 0 spiro atoms. The van der Waals surface area contributed by atoms with Crippen molar-refractivity contribution < 1.29 is 4.79 Å². The van der Waals surface area contributed by atoms with Crippen LogP contribution in [0.5, 0.6) is 0 Å². The predicted octanol–water partition coefficient (Wildman–Crippen LogP) is 3.82. The first-order chi connectivity index (χ1) is 7.69. The van der Waals surface area contributed by atoms with Crippen LogP contribution in [0.15, 0.2) is 28.7 Å². The molecule has 0 amide bonds. The van der Waals surface area contributed by atoms with Crippen LogP contribution in [-0.4, -0.2) is 5.78 Å². The number of rotatable bonds is 5. The summed E-state index contributed by atoms with van der Waals surface area (Å²) >= 11 is 3.33. The van der Waals surface area contributed by atoms with Crippen LogP contribution in [0, 0.1) is 11.3 Å². The molecule has 1 aromatic rings. The van der Waals surface area contributed by atoms with Crippen LogP contribution in [-0.2, 0) is 4.79 Å². The highest BCUT2D eigenvalue weighted by Gasteiger charge is 2.18. The smallest absolute Gasteiger partial charge is 0.154 e. The van der Waals surface area contributed by atoms with E-state index in [0.717, 1.165) is 22.9 Å². The number of halogens is 1. The van der Waals surface area contributed by atoms with E-state index < -0.39 is 5.92 Å². The van der Waals surface area contributed by atoms with Crippen LogP contribution >= 0.6 is 15.9 Å². The molecule has 84 valence electrons. The van der Waals surface area contributed by atoms with Crippen molar-refractivity contribution in [3.63, 3.8) is 0 Å². The van der Waals surface area contributed by atoms with Crippen LogP contribution in [0.1, 0.15) is 37.7 Å². The van der Waals surface area contributed by atoms with E-state index in [4.69, 9.17) is 5.26 Å². The number of hydrogen-bond donors (Lipinski definition) is 0. The second kappa shape index (κ2) is 6.44. The lowest BCUT2D eigenvalue weighted by Crippen LogP contribution is -2.10. The average Bonchev–Trinajstić information content (AvgIpc) is 2.30. The Hall–Kier alpha value is -1.14. The zero-order valence-corrected chi connectivity index (χ0v) is 10.8. The zero-order chi connectivity index (χ0) is 12.0. The van der Waals surface area contributed by atoms with Crippen LogP contribution in [0.3, 0.4) is 0 Å². The molecule has 0 aliphatic carbocycles. The second-order valence-electron chi connectivity index (χ2n) is 3.68. The molecule has 16 heavy (non-hydrogen) atoms. The van der Waals surface area contributed by atoms with Crippen LogP contribution < -0.4 is 0 Å². The SMILES string of the molecule is CCCCC(=O)C(C#N)c1ccc(Br)cc1. The van der Waals surface area contributed by atoms with E-state index in [1.165, 1.54) is 0 Å². The number of benzene rings is 1. The van der Waals surface area contributed by atoms with Crippen LogP contribution in [0.2, 0.25) is 0 Å². The summed E-state index contributed by atoms with van der Waals surface area (Å²) in [5.74, 6) is -0.591. The van der Waals surface area contributed by atoms with Crippen LogP contribution in [0.4, 0.5) is 0 Å². The Labute approximate surface area is 104 Å². The summed E-state index contributed by atoms with van der Waals surface area (Å²) in [4.78, 5) is 11.8. The van der Waals surface area contributed by atoms with Gasteiger partial charge in [0.1, 0.15) is 5.92 Å². The lowest BCUT2D eigenvalue weighted by molar-refractivity contribution is -0.119. The van der Waals surface area contributed by atoms with Crippen molar-refractivity contribution >= 4 is 21.7 Å². The van der Waals surface area contributed by atoms with Crippen molar-refractivity contribution in [2.24, 2.45) is 0 Å². The van der Waals surface area contributed by atoms with E-state index >= 15 is 0 Å². The number of unbranched alkanes of at least 4 members (excludes halogenated alkanes) is 1. The quantitative estimate of drug-likeness (QED) is 0.822. The fraction of sp³-hybridized carbons (Fsp3) is 0.385. The molecule has 0 aliphatic rings. The Balaban J connectivity index is 2.79. The fourth-order valence-corrected chi connectivity index (χ4v) is 1.75. The maximum atomic E-state index is 11.8. The molecular weight excluding hydrogens is 266 g/mol. The van der Waals surface area contributed by atoms with Gasteiger partial charge < -0.3 is 0 Å². The van der Waals surface area contributed by atoms with E-state index in [9.17, 15) is 4.79 Å². The molecule has 0 aliphatic heterocycles. The maximum absolute atomic E-state index is 11.8. The minimum atomic E-state index is -0.611. The van der Waals surface area contributed by atoms with E-state index in [1.54, 1.807) is 0 Å². The van der Waals surface area contributed by atoms with Crippen molar-refractivity contribution in [2.45, 2.75) is 32.1 Å². The number of nitrogens with zero attached hydrogens (tertiary/aromatic N) is 1. The number of carbonyl (C=O) groups excluding carboxylic acids is 1. The van der Waals surface area contributed by atoms with Crippen molar-refractivity contribution in [3.8, 4) is 6.07 Å². The largest absolute Gasteiger partial charge is 0.298 e. The molecule has 0 fully saturated rings. The molecule has 1 aromatic carbocycles. The Morgan fingerprint density at radius 2 is 2.06 bits per heavy atom. The minimum absolute atomic E-state index is 0.0201. The third-order valence-corrected chi connectivity index (χ3v) is 2.96. The highest BCUT2D eigenvalue weighted by atomic mass is 79.9. The summed E-state index contributed by atoms with van der Waals surface area (Å²) in [6, 6.07) is 9.43. The van der Waals surface area contributed by atoms with Gasteiger partial charge in [-0.05, 0) is 24.1 Å². The van der Waals surface area contributed by atoms with Crippen molar-refractivity contribution in [1.29, 1.82) is 5.26 Å². The Bertz CT molecular complexity index is 391. The molecule has 0 saturated carbocycles. The Kier molecular flexibility index (Phi) is 5.21. The molecule has 1 unspecified atom stereocenters. The summed E-state index contributed by atoms with van der Waals surface area (Å²) < 4.78 is 0.953. The lowest BCUT2D eigenvalue weighted by Gasteiger charge is -2.08. The van der Waals surface area contributed by atoms with Gasteiger partial charge in [-0.2, -0.15) is 5.26 Å². The van der Waals surface area contributed by atoms with Crippen LogP contribution in [0.25, 0.3) is 0 Å². The van der Waals surface area contributed by atoms with Gasteiger partial charge in [-0.25, -0.2) is 0 Å². The van der Waals surface area contributed by atoms with Gasteiger partial charge in [-0.1, -0.05) is 41.4 Å². The molecular formula is C13H14BrNO. The van der Waals surface area contributed by atoms with E-state index in [1.807, 2.05) is 31.2 Å². The highest BCUT2D eigenvalue weighted by Crippen LogP contribution is 2.21. The Morgan fingerprint density at radius 3 is 2.56 bits per heavy atom. The lowest BCUT2D eigenvalue weighted by atomic mass is 9.93. The average molecular weight is 280 g/mol. The fourth-order valence-electron chi connectivity index (χ4n) is 1.48. The first-order valence-corrected chi connectivity index (χ1v) is 6.16. The molecule has 0 radical (unpaired) electrons. The molecule has 1 atom stereocenters.